The topological polar surface area (TPSA) is 87.7 Å². The lowest BCUT2D eigenvalue weighted by molar-refractivity contribution is -0.129. The molecule has 0 rings (SSSR count). The zero-order valence-electron chi connectivity index (χ0n) is 5.40. The fourth-order valence-corrected chi connectivity index (χ4v) is 0.269. The first kappa shape index (κ1) is 9.25. The number of hydrazone groups is 1. The molecule has 6 heteroatoms. The van der Waals surface area contributed by atoms with Gasteiger partial charge in [0.05, 0.1) is 0 Å². The van der Waals surface area contributed by atoms with Gasteiger partial charge < -0.3 is 10.8 Å². The van der Waals surface area contributed by atoms with E-state index < -0.39 is 11.5 Å². The summed E-state index contributed by atoms with van der Waals surface area (Å²) >= 11 is 3.71. The van der Waals surface area contributed by atoms with Gasteiger partial charge in [-0.25, -0.2) is 4.79 Å². The van der Waals surface area contributed by atoms with Gasteiger partial charge in [0.1, 0.15) is 11.2 Å². The third-order valence-corrected chi connectivity index (χ3v) is 0.790. The summed E-state index contributed by atoms with van der Waals surface area (Å²) in [6.45, 7) is 1.35. The summed E-state index contributed by atoms with van der Waals surface area (Å²) in [6.07, 6.45) is 0. The third kappa shape index (κ3) is 4.16. The molecule has 4 N–H and O–H groups in total. The predicted molar refractivity (Wildman–Crippen MR) is 40.8 cm³/mol. The lowest BCUT2D eigenvalue weighted by Crippen LogP contribution is -2.29. The molecule has 0 spiro atoms. The van der Waals surface area contributed by atoms with Gasteiger partial charge in [0.15, 0.2) is 0 Å². The van der Waals surface area contributed by atoms with Crippen molar-refractivity contribution in [3.63, 3.8) is 0 Å². The van der Waals surface area contributed by atoms with E-state index in [-0.39, 0.29) is 5.71 Å². The molecule has 0 heterocycles. The highest BCUT2D eigenvalue weighted by molar-refractivity contribution is 7.80. The minimum Gasteiger partial charge on any atom is -0.477 e. The van der Waals surface area contributed by atoms with E-state index in [0.717, 1.165) is 0 Å². The average molecular weight is 163 g/mol. The van der Waals surface area contributed by atoms with E-state index in [9.17, 15) is 4.79 Å². The largest absolute Gasteiger partial charge is 0.477 e. The zero-order valence-corrected chi connectivity index (χ0v) is 6.30. The summed E-state index contributed by atoms with van der Waals surface area (Å²) in [5, 5.41) is 11.6. The number of carbonyl (C=O) groups is 1. The number of nitrogens with one attached hydrogen (secondary N) is 1. The zero-order chi connectivity index (χ0) is 8.15. The number of carboxylic acids is 1. The van der Waals surface area contributed by atoms with Gasteiger partial charge in [0.2, 0.25) is 0 Å². The summed E-state index contributed by atoms with van der Waals surface area (Å²) in [7, 11) is 0. The Balaban J connectivity index is 3.81. The third-order valence-electron chi connectivity index (χ3n) is 0.674. The summed E-state index contributed by atoms with van der Waals surface area (Å²) in [5.41, 5.74) is 6.69. The molecule has 0 aliphatic heterocycles. The molecule has 1 unspecified atom stereocenters. The molecule has 0 saturated heterocycles. The molecule has 58 valence electrons. The number of hydrogen-bond donors (Lipinski definition) is 4. The lowest BCUT2D eigenvalue weighted by atomic mass is 10.4. The van der Waals surface area contributed by atoms with Crippen LogP contribution in [-0.2, 0) is 4.79 Å². The van der Waals surface area contributed by atoms with Gasteiger partial charge >= 0.3 is 5.97 Å². The predicted octanol–water partition coefficient (Wildman–Crippen LogP) is -0.791. The molecule has 0 aromatic heterocycles. The number of nitrogens with zero attached hydrogens (tertiary/aromatic N) is 1. The Morgan fingerprint density at radius 3 is 2.70 bits per heavy atom. The van der Waals surface area contributed by atoms with Crippen LogP contribution in [-0.4, -0.2) is 22.3 Å². The van der Waals surface area contributed by atoms with Crippen molar-refractivity contribution < 1.29 is 9.90 Å². The Kier molecular flexibility index (Phi) is 3.82. The van der Waals surface area contributed by atoms with Gasteiger partial charge in [0.25, 0.3) is 0 Å². The Labute approximate surface area is 63.7 Å². The van der Waals surface area contributed by atoms with E-state index >= 15 is 0 Å². The van der Waals surface area contributed by atoms with E-state index in [1.54, 1.807) is 0 Å². The Morgan fingerprint density at radius 1 is 1.90 bits per heavy atom. The monoisotopic (exact) mass is 163 g/mol. The molecule has 0 bridgehead atoms. The molecule has 0 radical (unpaired) electrons. The Hall–Kier alpha value is -0.750. The second-order valence-electron chi connectivity index (χ2n) is 1.58. The van der Waals surface area contributed by atoms with Crippen LogP contribution < -0.4 is 11.2 Å². The molecule has 1 atom stereocenters. The van der Waals surface area contributed by atoms with E-state index in [1.165, 1.54) is 6.92 Å². The fraction of sp³-hybridized carbons (Fsp3) is 0.500. The van der Waals surface area contributed by atoms with Gasteiger partial charge in [-0.1, -0.05) is 0 Å². The molecule has 0 aliphatic carbocycles. The van der Waals surface area contributed by atoms with Gasteiger partial charge in [0, 0.05) is 0 Å². The van der Waals surface area contributed by atoms with Crippen molar-refractivity contribution in [2.24, 2.45) is 10.8 Å². The number of nitrogens with two attached hydrogens (primary N) is 1. The molecule has 0 saturated carbocycles. The summed E-state index contributed by atoms with van der Waals surface area (Å²) in [4.78, 5) is 10.1. The highest BCUT2D eigenvalue weighted by Gasteiger charge is 2.00. The first-order valence-corrected chi connectivity index (χ1v) is 3.02. The van der Waals surface area contributed by atoms with E-state index in [2.05, 4.69) is 23.2 Å². The molecule has 0 amide bonds. The van der Waals surface area contributed by atoms with Crippen LogP contribution in [0.4, 0.5) is 0 Å². The van der Waals surface area contributed by atoms with E-state index in [1.807, 2.05) is 0 Å². The number of rotatable bonds is 3. The molecule has 0 aliphatic rings. The summed E-state index contributed by atoms with van der Waals surface area (Å²) in [6, 6.07) is 0. The van der Waals surface area contributed by atoms with E-state index in [4.69, 9.17) is 10.8 Å². The molecular weight excluding hydrogens is 154 g/mol. The smallest absolute Gasteiger partial charge is 0.351 e. The van der Waals surface area contributed by atoms with Crippen LogP contribution >= 0.6 is 12.6 Å². The maximum absolute atomic E-state index is 10.1. The Morgan fingerprint density at radius 2 is 2.40 bits per heavy atom. The van der Waals surface area contributed by atoms with Gasteiger partial charge in [-0.2, -0.15) is 5.10 Å². The normalized spacial score (nSPS) is 14.5. The molecule has 5 nitrogen and oxygen atoms in total. The number of carboxylic acid groups (broad SMARTS) is 1. The van der Waals surface area contributed by atoms with Gasteiger partial charge in [-0.05, 0) is 6.92 Å². The van der Waals surface area contributed by atoms with Crippen LogP contribution in [0.25, 0.3) is 0 Å². The van der Waals surface area contributed by atoms with Crippen molar-refractivity contribution in [1.29, 1.82) is 0 Å². The highest BCUT2D eigenvalue weighted by Crippen LogP contribution is 1.79. The van der Waals surface area contributed by atoms with Gasteiger partial charge in [-0.15, -0.1) is 12.6 Å². The second kappa shape index (κ2) is 4.13. The van der Waals surface area contributed by atoms with Crippen molar-refractivity contribution >= 4 is 24.3 Å². The lowest BCUT2D eigenvalue weighted by Gasteiger charge is -2.01. The first-order valence-electron chi connectivity index (χ1n) is 2.51. The maximum atomic E-state index is 10.1. The molecule has 0 fully saturated rings. The average Bonchev–Trinajstić information content (AvgIpc) is 1.82. The number of aliphatic carboxylic acids is 1. The standard InChI is InChI=1S/C4H9N3O2S/c1-2(3(8)9)6-7-4(5)10/h4,7,10H,5H2,1H3,(H,8,9)/b6-2-. The van der Waals surface area contributed by atoms with E-state index in [0.29, 0.717) is 0 Å². The summed E-state index contributed by atoms with van der Waals surface area (Å²) in [5.74, 6) is -1.08. The molecule has 0 aromatic rings. The van der Waals surface area contributed by atoms with Crippen molar-refractivity contribution in [2.75, 3.05) is 0 Å². The van der Waals surface area contributed by atoms with Crippen molar-refractivity contribution in [3.8, 4) is 0 Å². The SMILES string of the molecule is C/C(=N/NC(N)S)C(=O)O. The van der Waals surface area contributed by atoms with Crippen molar-refractivity contribution in [1.82, 2.24) is 5.43 Å². The first-order chi connectivity index (χ1) is 4.54. The minimum absolute atomic E-state index is 0.0514. The molecule has 10 heavy (non-hydrogen) atoms. The quantitative estimate of drug-likeness (QED) is 0.190. The van der Waals surface area contributed by atoms with Gasteiger partial charge in [-0.3, -0.25) is 5.43 Å². The van der Waals surface area contributed by atoms with Crippen LogP contribution in [0, 0.1) is 0 Å². The van der Waals surface area contributed by atoms with Crippen LogP contribution in [0.3, 0.4) is 0 Å². The second-order valence-corrected chi connectivity index (χ2v) is 2.13. The Bertz CT molecular complexity index is 157. The number of thiol groups is 1. The van der Waals surface area contributed by atoms with Crippen LogP contribution in [0.2, 0.25) is 0 Å². The highest BCUT2D eigenvalue weighted by atomic mass is 32.1. The maximum Gasteiger partial charge on any atom is 0.351 e. The van der Waals surface area contributed by atoms with Crippen LogP contribution in [0.5, 0.6) is 0 Å². The number of hydrogen-bond acceptors (Lipinski definition) is 5. The minimum atomic E-state index is -1.08. The van der Waals surface area contributed by atoms with Crippen LogP contribution in [0.1, 0.15) is 6.92 Å². The van der Waals surface area contributed by atoms with Crippen molar-refractivity contribution in [2.45, 2.75) is 12.4 Å². The molecular formula is C4H9N3O2S. The summed E-state index contributed by atoms with van der Waals surface area (Å²) < 4.78 is 0. The van der Waals surface area contributed by atoms with Crippen LogP contribution in [0.15, 0.2) is 5.10 Å². The molecule has 0 aromatic carbocycles. The van der Waals surface area contributed by atoms with Crippen molar-refractivity contribution in [3.05, 3.63) is 0 Å². The fourth-order valence-electron chi connectivity index (χ4n) is 0.211.